The van der Waals surface area contributed by atoms with Crippen LogP contribution in [-0.4, -0.2) is 61.2 Å². The molecular formula is C32H41N3O4S. The molecule has 0 radical (unpaired) electrons. The first-order valence-corrected chi connectivity index (χ1v) is 15.3. The van der Waals surface area contributed by atoms with Gasteiger partial charge in [-0.05, 0) is 79.3 Å². The van der Waals surface area contributed by atoms with Crippen LogP contribution in [0.5, 0.6) is 0 Å². The van der Waals surface area contributed by atoms with Gasteiger partial charge in [-0.15, -0.1) is 11.3 Å². The summed E-state index contributed by atoms with van der Waals surface area (Å²) < 4.78 is 10.6. The van der Waals surface area contributed by atoms with Crippen LogP contribution in [0.1, 0.15) is 83.4 Å². The van der Waals surface area contributed by atoms with Crippen molar-refractivity contribution in [1.82, 2.24) is 15.2 Å². The van der Waals surface area contributed by atoms with Crippen LogP contribution < -0.4 is 5.32 Å². The van der Waals surface area contributed by atoms with Gasteiger partial charge in [-0.3, -0.25) is 9.69 Å². The molecule has 1 aliphatic heterocycles. The maximum atomic E-state index is 13.6. The summed E-state index contributed by atoms with van der Waals surface area (Å²) in [6, 6.07) is 11.5. The summed E-state index contributed by atoms with van der Waals surface area (Å²) in [7, 11) is 0. The SMILES string of the molecule is CCOC(=O)c1ccc([C@@H](CCN2CCOCC2)NC(=O)c2cc3cc4c(nc3s2)CC[C@H](C(C)(C)C)C4)cc1. The molecule has 3 aromatic rings. The third-order valence-electron chi connectivity index (χ3n) is 8.29. The highest BCUT2D eigenvalue weighted by atomic mass is 32.1. The van der Waals surface area contributed by atoms with E-state index < -0.39 is 0 Å². The number of esters is 1. The zero-order chi connectivity index (χ0) is 28.3. The van der Waals surface area contributed by atoms with Crippen LogP contribution in [-0.2, 0) is 22.3 Å². The quantitative estimate of drug-likeness (QED) is 0.348. The van der Waals surface area contributed by atoms with E-state index in [1.165, 1.54) is 22.6 Å². The Balaban J connectivity index is 1.34. The number of carbonyl (C=O) groups is 2. The number of thiophene rings is 1. The lowest BCUT2D eigenvalue weighted by Gasteiger charge is -2.34. The summed E-state index contributed by atoms with van der Waals surface area (Å²) >= 11 is 1.47. The molecule has 7 nitrogen and oxygen atoms in total. The normalized spacial score (nSPS) is 18.8. The molecule has 1 aromatic carbocycles. The fraction of sp³-hybridized carbons (Fsp3) is 0.531. The van der Waals surface area contributed by atoms with Crippen LogP contribution in [0.15, 0.2) is 36.4 Å². The van der Waals surface area contributed by atoms with E-state index in [0.717, 1.165) is 74.3 Å². The third-order valence-corrected chi connectivity index (χ3v) is 9.33. The van der Waals surface area contributed by atoms with E-state index in [1.807, 2.05) is 18.2 Å². The van der Waals surface area contributed by atoms with Gasteiger partial charge in [0.15, 0.2) is 0 Å². The standard InChI is InChI=1S/C32H41N3O4S/c1-5-39-31(37)22-8-6-21(7-9-22)27(12-13-35-14-16-38-17-15-35)33-29(36)28-20-24-18-23-19-25(32(2,3)4)10-11-26(23)34-30(24)40-28/h6-9,18,20,25,27H,5,10-17,19H2,1-4H3,(H,33,36)/t25-,27+/m0/s1. The second-order valence-electron chi connectivity index (χ2n) is 12.0. The van der Waals surface area contributed by atoms with Gasteiger partial charge in [0.1, 0.15) is 4.83 Å². The van der Waals surface area contributed by atoms with Crippen molar-refractivity contribution in [2.75, 3.05) is 39.5 Å². The van der Waals surface area contributed by atoms with E-state index >= 15 is 0 Å². The summed E-state index contributed by atoms with van der Waals surface area (Å²) in [5.74, 6) is 0.218. The number of nitrogens with zero attached hydrogens (tertiary/aromatic N) is 2. The fourth-order valence-electron chi connectivity index (χ4n) is 5.73. The molecule has 214 valence electrons. The molecule has 0 bridgehead atoms. The van der Waals surface area contributed by atoms with Gasteiger partial charge in [0.05, 0.1) is 36.3 Å². The average molecular weight is 564 g/mol. The van der Waals surface area contributed by atoms with Crippen molar-refractivity contribution in [1.29, 1.82) is 0 Å². The van der Waals surface area contributed by atoms with Crippen LogP contribution in [0.3, 0.4) is 0 Å². The van der Waals surface area contributed by atoms with Gasteiger partial charge in [0.25, 0.3) is 5.91 Å². The lowest BCUT2D eigenvalue weighted by atomic mass is 9.71. The van der Waals surface area contributed by atoms with Gasteiger partial charge < -0.3 is 14.8 Å². The van der Waals surface area contributed by atoms with Gasteiger partial charge in [0, 0.05) is 30.7 Å². The number of nitrogens with one attached hydrogen (secondary N) is 1. The molecule has 1 amide bonds. The number of amides is 1. The topological polar surface area (TPSA) is 80.8 Å². The minimum Gasteiger partial charge on any atom is -0.462 e. The number of hydrogen-bond donors (Lipinski definition) is 1. The lowest BCUT2D eigenvalue weighted by Crippen LogP contribution is -2.39. The molecule has 0 spiro atoms. The van der Waals surface area contributed by atoms with E-state index in [1.54, 1.807) is 19.1 Å². The number of hydrogen-bond acceptors (Lipinski definition) is 7. The van der Waals surface area contributed by atoms with Crippen molar-refractivity contribution >= 4 is 33.4 Å². The lowest BCUT2D eigenvalue weighted by molar-refractivity contribution is 0.0360. The summed E-state index contributed by atoms with van der Waals surface area (Å²) in [5, 5.41) is 4.34. The Morgan fingerprint density at radius 1 is 1.18 bits per heavy atom. The molecular weight excluding hydrogens is 522 g/mol. The summed E-state index contributed by atoms with van der Waals surface area (Å²) in [6.45, 7) is 13.2. The van der Waals surface area contributed by atoms with Crippen LogP contribution in [0.2, 0.25) is 0 Å². The summed E-state index contributed by atoms with van der Waals surface area (Å²) in [5.41, 5.74) is 4.27. The highest BCUT2D eigenvalue weighted by Crippen LogP contribution is 2.38. The van der Waals surface area contributed by atoms with Gasteiger partial charge in [0.2, 0.25) is 0 Å². The number of rotatable bonds is 8. The highest BCUT2D eigenvalue weighted by Gasteiger charge is 2.30. The van der Waals surface area contributed by atoms with Crippen molar-refractivity contribution in [2.24, 2.45) is 11.3 Å². The number of fused-ring (bicyclic) bond motifs is 2. The maximum absolute atomic E-state index is 13.6. The highest BCUT2D eigenvalue weighted by molar-refractivity contribution is 7.20. The second kappa shape index (κ2) is 12.4. The van der Waals surface area contributed by atoms with Crippen LogP contribution in [0, 0.1) is 11.3 Å². The van der Waals surface area contributed by atoms with E-state index in [4.69, 9.17) is 14.5 Å². The molecule has 8 heteroatoms. The molecule has 2 aliphatic rings. The first-order chi connectivity index (χ1) is 19.2. The first-order valence-electron chi connectivity index (χ1n) is 14.5. The zero-order valence-corrected chi connectivity index (χ0v) is 24.9. The monoisotopic (exact) mass is 563 g/mol. The van der Waals surface area contributed by atoms with Crippen LogP contribution in [0.25, 0.3) is 10.2 Å². The van der Waals surface area contributed by atoms with E-state index in [9.17, 15) is 9.59 Å². The molecule has 1 fully saturated rings. The number of benzene rings is 1. The number of aromatic nitrogens is 1. The number of pyridine rings is 1. The first kappa shape index (κ1) is 28.7. The Bertz CT molecular complexity index is 1340. The van der Waals surface area contributed by atoms with Crippen LogP contribution in [0.4, 0.5) is 0 Å². The van der Waals surface area contributed by atoms with Crippen molar-refractivity contribution in [3.05, 3.63) is 63.7 Å². The molecule has 0 saturated carbocycles. The Morgan fingerprint density at radius 2 is 1.93 bits per heavy atom. The van der Waals surface area contributed by atoms with Gasteiger partial charge >= 0.3 is 5.97 Å². The zero-order valence-electron chi connectivity index (χ0n) is 24.1. The molecule has 2 atom stereocenters. The predicted molar refractivity (Wildman–Crippen MR) is 159 cm³/mol. The van der Waals surface area contributed by atoms with E-state index in [-0.39, 0.29) is 23.3 Å². The number of carbonyl (C=O) groups excluding carboxylic acids is 2. The molecule has 1 aliphatic carbocycles. The molecule has 3 heterocycles. The minimum absolute atomic E-state index is 0.0880. The molecule has 40 heavy (non-hydrogen) atoms. The predicted octanol–water partition coefficient (Wildman–Crippen LogP) is 5.82. The van der Waals surface area contributed by atoms with Crippen molar-refractivity contribution in [2.45, 2.75) is 59.4 Å². The summed E-state index contributed by atoms with van der Waals surface area (Å²) in [4.78, 5) is 34.7. The molecule has 1 N–H and O–H groups in total. The average Bonchev–Trinajstić information content (AvgIpc) is 3.37. The van der Waals surface area contributed by atoms with Crippen LogP contribution >= 0.6 is 11.3 Å². The largest absolute Gasteiger partial charge is 0.462 e. The summed E-state index contributed by atoms with van der Waals surface area (Å²) in [6.07, 6.45) is 3.96. The van der Waals surface area contributed by atoms with Gasteiger partial charge in [-0.2, -0.15) is 0 Å². The molecule has 0 unspecified atom stereocenters. The van der Waals surface area contributed by atoms with Crippen molar-refractivity contribution in [3.63, 3.8) is 0 Å². The fourth-order valence-corrected chi connectivity index (χ4v) is 6.67. The van der Waals surface area contributed by atoms with E-state index in [0.29, 0.717) is 23.0 Å². The number of morpholine rings is 1. The Hall–Kier alpha value is -2.81. The van der Waals surface area contributed by atoms with Crippen molar-refractivity contribution in [3.8, 4) is 0 Å². The number of ether oxygens (including phenoxy) is 2. The second-order valence-corrected chi connectivity index (χ2v) is 13.0. The molecule has 2 aromatic heterocycles. The molecule has 1 saturated heterocycles. The smallest absolute Gasteiger partial charge is 0.338 e. The Morgan fingerprint density at radius 3 is 2.62 bits per heavy atom. The van der Waals surface area contributed by atoms with Gasteiger partial charge in [-0.1, -0.05) is 32.9 Å². The Kier molecular flexibility index (Phi) is 8.88. The molecule has 5 rings (SSSR count). The van der Waals surface area contributed by atoms with Crippen molar-refractivity contribution < 1.29 is 19.1 Å². The number of aryl methyl sites for hydroxylation is 1. The van der Waals surface area contributed by atoms with E-state index in [2.05, 4.69) is 37.1 Å². The minimum atomic E-state index is -0.336. The third kappa shape index (κ3) is 6.73. The Labute approximate surface area is 241 Å². The maximum Gasteiger partial charge on any atom is 0.338 e. The van der Waals surface area contributed by atoms with Gasteiger partial charge in [-0.25, -0.2) is 9.78 Å².